The van der Waals surface area contributed by atoms with Gasteiger partial charge in [-0.1, -0.05) is 6.42 Å². The van der Waals surface area contributed by atoms with Crippen LogP contribution in [0.25, 0.3) is 0 Å². The van der Waals surface area contributed by atoms with E-state index in [1.807, 2.05) is 0 Å². The van der Waals surface area contributed by atoms with Crippen molar-refractivity contribution in [3.8, 4) is 0 Å². The molecule has 0 bridgehead atoms. The third kappa shape index (κ3) is 6.31. The number of hydrogen-bond donors (Lipinski definition) is 1. The molecule has 1 saturated heterocycles. The normalized spacial score (nSPS) is 18.2. The number of anilines is 1. The molecule has 0 aliphatic carbocycles. The number of rotatable bonds is 6. The van der Waals surface area contributed by atoms with E-state index in [-0.39, 0.29) is 31.1 Å². The zero-order valence-corrected chi connectivity index (χ0v) is 16.6. The Hall–Kier alpha value is -2.37. The van der Waals surface area contributed by atoms with E-state index in [1.54, 1.807) is 0 Å². The van der Waals surface area contributed by atoms with Gasteiger partial charge in [0.1, 0.15) is 5.69 Å². The summed E-state index contributed by atoms with van der Waals surface area (Å²) >= 11 is 0. The molecule has 162 valence electrons. The average molecular weight is 437 g/mol. The Bertz CT molecular complexity index is 874. The van der Waals surface area contributed by atoms with E-state index in [0.717, 1.165) is 18.4 Å². The van der Waals surface area contributed by atoms with Gasteiger partial charge in [0.05, 0.1) is 15.7 Å². The van der Waals surface area contributed by atoms with Gasteiger partial charge < -0.3 is 10.2 Å². The first-order chi connectivity index (χ1) is 13.4. The highest BCUT2D eigenvalue weighted by atomic mass is 32.2. The van der Waals surface area contributed by atoms with Gasteiger partial charge in [-0.05, 0) is 25.0 Å². The Balaban J connectivity index is 2.02. The second-order valence-electron chi connectivity index (χ2n) is 6.95. The lowest BCUT2D eigenvalue weighted by Gasteiger charge is -2.24. The molecule has 1 fully saturated rings. The molecule has 1 heterocycles. The third-order valence-corrected chi connectivity index (χ3v) is 6.36. The van der Waals surface area contributed by atoms with E-state index in [0.29, 0.717) is 31.9 Å². The van der Waals surface area contributed by atoms with Crippen LogP contribution in [0.2, 0.25) is 0 Å². The Morgan fingerprint density at radius 3 is 2.62 bits per heavy atom. The molecule has 12 heteroatoms. The number of nitro groups is 1. The van der Waals surface area contributed by atoms with E-state index in [2.05, 4.69) is 5.32 Å². The van der Waals surface area contributed by atoms with E-state index in [1.165, 1.54) is 4.90 Å². The molecule has 1 aliphatic heterocycles. The summed E-state index contributed by atoms with van der Waals surface area (Å²) < 4.78 is 61.8. The topological polar surface area (TPSA) is 110 Å². The van der Waals surface area contributed by atoms with Gasteiger partial charge >= 0.3 is 6.18 Å². The van der Waals surface area contributed by atoms with Crippen molar-refractivity contribution in [2.45, 2.75) is 37.1 Å². The molecule has 0 aromatic heterocycles. The van der Waals surface area contributed by atoms with E-state index < -0.39 is 37.4 Å². The summed E-state index contributed by atoms with van der Waals surface area (Å²) in [6, 6.07) is 2.12. The number of halogens is 3. The molecule has 1 unspecified atom stereocenters. The van der Waals surface area contributed by atoms with Gasteiger partial charge in [-0.25, -0.2) is 8.42 Å². The van der Waals surface area contributed by atoms with Crippen molar-refractivity contribution >= 4 is 27.1 Å². The second kappa shape index (κ2) is 8.97. The van der Waals surface area contributed by atoms with Crippen LogP contribution in [0, 0.1) is 10.1 Å². The molecule has 0 spiro atoms. The summed E-state index contributed by atoms with van der Waals surface area (Å²) in [5.74, 6) is -0.317. The highest BCUT2D eigenvalue weighted by Crippen LogP contribution is 2.34. The predicted molar refractivity (Wildman–Crippen MR) is 100 cm³/mol. The summed E-state index contributed by atoms with van der Waals surface area (Å²) in [6.07, 6.45) is -1.79. The lowest BCUT2D eigenvalue weighted by atomic mass is 10.1. The number of likely N-dealkylation sites (tertiary alicyclic amines) is 1. The van der Waals surface area contributed by atoms with Gasteiger partial charge in [0.15, 0.2) is 9.84 Å². The van der Waals surface area contributed by atoms with Crippen LogP contribution < -0.4 is 5.32 Å². The molecule has 1 aromatic carbocycles. The average Bonchev–Trinajstić information content (AvgIpc) is 2.87. The molecule has 1 atom stereocenters. The van der Waals surface area contributed by atoms with Crippen LogP contribution in [-0.2, 0) is 20.8 Å². The van der Waals surface area contributed by atoms with Gasteiger partial charge in [-0.3, -0.25) is 14.9 Å². The zero-order valence-electron chi connectivity index (χ0n) is 15.7. The summed E-state index contributed by atoms with van der Waals surface area (Å²) in [4.78, 5) is 24.0. The van der Waals surface area contributed by atoms with Crippen LogP contribution in [-0.4, -0.2) is 55.3 Å². The fraction of sp³-hybridized carbons (Fsp3) is 0.588. The molecule has 8 nitrogen and oxygen atoms in total. The lowest BCUT2D eigenvalue weighted by Crippen LogP contribution is -2.39. The number of nitrogens with zero attached hydrogens (tertiary/aromatic N) is 2. The first-order valence-corrected chi connectivity index (χ1v) is 10.9. The minimum Gasteiger partial charge on any atom is -0.379 e. The number of hydrogen-bond acceptors (Lipinski definition) is 6. The Morgan fingerprint density at radius 2 is 2.03 bits per heavy atom. The Morgan fingerprint density at radius 1 is 1.34 bits per heavy atom. The molecule has 1 aliphatic rings. The number of nitro benzene ring substituents is 1. The SMILES string of the molecule is CS(=O)(=O)C1CCCCN(C(=O)CCNc2ccc(C(F)(F)F)cc2[N+](=O)[O-])C1. The molecule has 29 heavy (non-hydrogen) atoms. The number of amides is 1. The monoisotopic (exact) mass is 437 g/mol. The van der Waals surface area contributed by atoms with Crippen LogP contribution in [0.5, 0.6) is 0 Å². The Kier molecular flexibility index (Phi) is 7.09. The number of sulfone groups is 1. The van der Waals surface area contributed by atoms with E-state index >= 15 is 0 Å². The predicted octanol–water partition coefficient (Wildman–Crippen LogP) is 2.84. The van der Waals surface area contributed by atoms with Gasteiger partial charge in [-0.2, -0.15) is 13.2 Å². The minimum atomic E-state index is -4.71. The molecular formula is C17H22F3N3O5S. The summed E-state index contributed by atoms with van der Waals surface area (Å²) in [7, 11) is -3.29. The number of carbonyl (C=O) groups excluding carboxylic acids is 1. The molecule has 0 saturated carbocycles. The quantitative estimate of drug-likeness (QED) is 0.541. The fourth-order valence-electron chi connectivity index (χ4n) is 3.15. The van der Waals surface area contributed by atoms with E-state index in [9.17, 15) is 36.5 Å². The van der Waals surface area contributed by atoms with Crippen LogP contribution >= 0.6 is 0 Å². The number of alkyl halides is 3. The maximum Gasteiger partial charge on any atom is 0.416 e. The molecule has 1 N–H and O–H groups in total. The van der Waals surface area contributed by atoms with Crippen LogP contribution in [0.1, 0.15) is 31.2 Å². The van der Waals surface area contributed by atoms with Gasteiger partial charge in [0.25, 0.3) is 5.69 Å². The molecular weight excluding hydrogens is 415 g/mol. The van der Waals surface area contributed by atoms with Gasteiger partial charge in [0, 0.05) is 38.4 Å². The summed E-state index contributed by atoms with van der Waals surface area (Å²) in [5.41, 5.74) is -2.00. The standard InChI is InChI=1S/C17H22F3N3O5S/c1-29(27,28)13-4-2-3-9-22(11-13)16(24)7-8-21-14-6-5-12(17(18,19)20)10-15(14)23(25)26/h5-6,10,13,21H,2-4,7-9,11H2,1H3. The van der Waals surface area contributed by atoms with Crippen molar-refractivity contribution in [2.75, 3.05) is 31.2 Å². The highest BCUT2D eigenvalue weighted by Gasteiger charge is 2.33. The van der Waals surface area contributed by atoms with Gasteiger partial charge in [0.2, 0.25) is 5.91 Å². The number of benzene rings is 1. The lowest BCUT2D eigenvalue weighted by molar-refractivity contribution is -0.384. The molecule has 0 radical (unpaired) electrons. The number of carbonyl (C=O) groups is 1. The summed E-state index contributed by atoms with van der Waals surface area (Å²) in [5, 5.41) is 13.1. The van der Waals surface area contributed by atoms with Crippen molar-refractivity contribution in [1.29, 1.82) is 0 Å². The van der Waals surface area contributed by atoms with Crippen molar-refractivity contribution in [1.82, 2.24) is 4.90 Å². The summed E-state index contributed by atoms with van der Waals surface area (Å²) in [6.45, 7) is 0.481. The maximum atomic E-state index is 12.7. The first kappa shape index (κ1) is 22.9. The van der Waals surface area contributed by atoms with Crippen LogP contribution in [0.3, 0.4) is 0 Å². The Labute approximate surface area is 166 Å². The minimum absolute atomic E-state index is 0.0366. The highest BCUT2D eigenvalue weighted by molar-refractivity contribution is 7.91. The second-order valence-corrected chi connectivity index (χ2v) is 9.28. The smallest absolute Gasteiger partial charge is 0.379 e. The molecule has 1 amide bonds. The van der Waals surface area contributed by atoms with Crippen molar-refractivity contribution < 1.29 is 31.3 Å². The van der Waals surface area contributed by atoms with Crippen molar-refractivity contribution in [3.05, 3.63) is 33.9 Å². The third-order valence-electron chi connectivity index (χ3n) is 4.76. The van der Waals surface area contributed by atoms with Gasteiger partial charge in [-0.15, -0.1) is 0 Å². The first-order valence-electron chi connectivity index (χ1n) is 8.95. The molecule has 2 rings (SSSR count). The largest absolute Gasteiger partial charge is 0.416 e. The maximum absolute atomic E-state index is 12.7. The van der Waals surface area contributed by atoms with Crippen LogP contribution in [0.15, 0.2) is 18.2 Å². The van der Waals surface area contributed by atoms with E-state index in [4.69, 9.17) is 0 Å². The van der Waals surface area contributed by atoms with Crippen LogP contribution in [0.4, 0.5) is 24.5 Å². The van der Waals surface area contributed by atoms with Crippen molar-refractivity contribution in [3.63, 3.8) is 0 Å². The fourth-order valence-corrected chi connectivity index (χ4v) is 4.20. The zero-order chi connectivity index (χ0) is 21.8. The molecule has 1 aromatic rings. The van der Waals surface area contributed by atoms with Crippen molar-refractivity contribution in [2.24, 2.45) is 0 Å². The number of nitrogens with one attached hydrogen (secondary N) is 1.